The molecule has 9 nitrogen and oxygen atoms in total. The fourth-order valence-electron chi connectivity index (χ4n) is 4.33. The molecule has 0 bridgehead atoms. The Morgan fingerprint density at radius 2 is 1.43 bits per heavy atom. The van der Waals surface area contributed by atoms with Gasteiger partial charge in [-0.1, -0.05) is 45.3 Å². The molecule has 0 saturated heterocycles. The summed E-state index contributed by atoms with van der Waals surface area (Å²) in [6.07, 6.45) is 8.51. The molecule has 4 unspecified atom stereocenters. The summed E-state index contributed by atoms with van der Waals surface area (Å²) < 4.78 is 27.8. The van der Waals surface area contributed by atoms with Crippen molar-refractivity contribution >= 4 is 35.5 Å². The molecule has 0 saturated carbocycles. The summed E-state index contributed by atoms with van der Waals surface area (Å²) in [5, 5.41) is 0. The zero-order valence-electron chi connectivity index (χ0n) is 27.3. The van der Waals surface area contributed by atoms with Gasteiger partial charge in [0.2, 0.25) is 0 Å². The Bertz CT molecular complexity index is 1010. The van der Waals surface area contributed by atoms with Gasteiger partial charge in [-0.05, 0) is 57.2 Å². The Kier molecular flexibility index (Phi) is 20.9. The van der Waals surface area contributed by atoms with Gasteiger partial charge in [0, 0.05) is 31.3 Å². The van der Waals surface area contributed by atoms with E-state index in [9.17, 15) is 19.2 Å². The molecule has 248 valence electrons. The van der Waals surface area contributed by atoms with Crippen LogP contribution in [0.15, 0.2) is 41.3 Å². The zero-order chi connectivity index (χ0) is 32.7. The van der Waals surface area contributed by atoms with Crippen molar-refractivity contribution in [2.75, 3.05) is 20.0 Å². The van der Waals surface area contributed by atoms with Crippen LogP contribution in [0.3, 0.4) is 0 Å². The second-order valence-corrected chi connectivity index (χ2v) is 11.7. The van der Waals surface area contributed by atoms with Crippen LogP contribution in [0.1, 0.15) is 98.3 Å². The van der Waals surface area contributed by atoms with E-state index in [1.54, 1.807) is 18.7 Å². The number of carbonyl (C=O) groups excluding carboxylic acids is 4. The van der Waals surface area contributed by atoms with Crippen LogP contribution in [0, 0.1) is 0 Å². The van der Waals surface area contributed by atoms with E-state index in [1.165, 1.54) is 14.0 Å². The van der Waals surface area contributed by atoms with Crippen LogP contribution < -0.4 is 4.74 Å². The lowest BCUT2D eigenvalue weighted by molar-refractivity contribution is -0.161. The first-order chi connectivity index (χ1) is 21.1. The number of benzene rings is 1. The predicted octanol–water partition coefficient (Wildman–Crippen LogP) is 7.03. The van der Waals surface area contributed by atoms with Crippen LogP contribution in [0.5, 0.6) is 5.75 Å². The molecule has 1 aromatic carbocycles. The van der Waals surface area contributed by atoms with E-state index in [0.29, 0.717) is 25.9 Å². The number of thioether (sulfide) groups is 1. The largest absolute Gasteiger partial charge is 0.493 e. The third kappa shape index (κ3) is 18.7. The van der Waals surface area contributed by atoms with Crippen molar-refractivity contribution in [3.63, 3.8) is 0 Å². The van der Waals surface area contributed by atoms with E-state index in [1.807, 2.05) is 49.6 Å². The van der Waals surface area contributed by atoms with Gasteiger partial charge in [-0.3, -0.25) is 19.2 Å². The lowest BCUT2D eigenvalue weighted by Crippen LogP contribution is -2.28. The van der Waals surface area contributed by atoms with E-state index < -0.39 is 42.3 Å². The highest BCUT2D eigenvalue weighted by atomic mass is 32.2. The van der Waals surface area contributed by atoms with Gasteiger partial charge in [-0.15, -0.1) is 11.8 Å². The number of allylic oxidation sites excluding steroid dienone is 1. The average molecular weight is 637 g/mol. The topological polar surface area (TPSA) is 114 Å². The van der Waals surface area contributed by atoms with E-state index >= 15 is 0 Å². The predicted molar refractivity (Wildman–Crippen MR) is 172 cm³/mol. The molecule has 1 aromatic rings. The zero-order valence-corrected chi connectivity index (χ0v) is 28.2. The molecule has 44 heavy (non-hydrogen) atoms. The van der Waals surface area contributed by atoms with Crippen LogP contribution in [0.25, 0.3) is 0 Å². The monoisotopic (exact) mass is 636 g/mol. The molecule has 0 N–H and O–H groups in total. The Hall–Kier alpha value is -2.85. The van der Waals surface area contributed by atoms with Gasteiger partial charge in [-0.25, -0.2) is 0 Å². The highest BCUT2D eigenvalue weighted by molar-refractivity contribution is 7.98. The molecule has 0 aliphatic heterocycles. The summed E-state index contributed by atoms with van der Waals surface area (Å²) in [5.74, 6) is -0.886. The maximum Gasteiger partial charge on any atom is 0.309 e. The minimum Gasteiger partial charge on any atom is -0.493 e. The van der Waals surface area contributed by atoms with Crippen molar-refractivity contribution < 1.29 is 42.9 Å². The van der Waals surface area contributed by atoms with Gasteiger partial charge in [0.25, 0.3) is 0 Å². The molecule has 1 rings (SSSR count). The molecule has 4 atom stereocenters. The van der Waals surface area contributed by atoms with Crippen LogP contribution in [-0.4, -0.2) is 68.1 Å². The van der Waals surface area contributed by atoms with Crippen molar-refractivity contribution in [3.05, 3.63) is 36.4 Å². The lowest BCUT2D eigenvalue weighted by Gasteiger charge is -2.21. The van der Waals surface area contributed by atoms with Gasteiger partial charge in [0.15, 0.2) is 0 Å². The Balaban J connectivity index is 2.54. The van der Waals surface area contributed by atoms with Crippen molar-refractivity contribution in [1.82, 2.24) is 0 Å². The van der Waals surface area contributed by atoms with Crippen molar-refractivity contribution in [2.24, 2.45) is 0 Å². The average Bonchev–Trinajstić information content (AvgIpc) is 2.97. The van der Waals surface area contributed by atoms with Gasteiger partial charge >= 0.3 is 17.9 Å². The van der Waals surface area contributed by atoms with Crippen LogP contribution in [-0.2, 0) is 38.1 Å². The third-order valence-corrected chi connectivity index (χ3v) is 7.43. The van der Waals surface area contributed by atoms with E-state index in [0.717, 1.165) is 36.3 Å². The standard InChI is InChI=1S/C34H52O9S/c1-7-9-11-12-14-29(21-25(3)35)42-34(38)24-30(13-10-8-2)43-32(36)22-26(4)41-33(37)23-28(39-5)19-20-40-27-15-17-31(44-6)18-16-27/h11-12,15-18,26,28-30H,7-10,13-14,19-24H2,1-6H3/b12-11+. The second kappa shape index (κ2) is 23.5. The Morgan fingerprint density at radius 1 is 0.795 bits per heavy atom. The molecule has 0 radical (unpaired) electrons. The molecule has 0 amide bonds. The summed E-state index contributed by atoms with van der Waals surface area (Å²) in [6, 6.07) is 7.76. The SMILES string of the molecule is CCC/C=C/CC(CC(C)=O)OC(=O)CC(CCCC)OC(=O)CC(C)OC(=O)CC(CCOc1ccc(SC)cc1)OC. The summed E-state index contributed by atoms with van der Waals surface area (Å²) in [5.41, 5.74) is 0. The smallest absolute Gasteiger partial charge is 0.309 e. The number of carbonyl (C=O) groups is 4. The number of ketones is 1. The fourth-order valence-corrected chi connectivity index (χ4v) is 4.74. The molecule has 0 fully saturated rings. The van der Waals surface area contributed by atoms with Gasteiger partial charge in [0.05, 0.1) is 32.0 Å². The number of ether oxygens (including phenoxy) is 5. The van der Waals surface area contributed by atoms with Crippen molar-refractivity contribution in [2.45, 2.75) is 128 Å². The lowest BCUT2D eigenvalue weighted by atomic mass is 10.1. The molecule has 0 heterocycles. The number of Topliss-reactive ketones (excluding diaryl/α,β-unsaturated/α-hetero) is 1. The maximum absolute atomic E-state index is 12.7. The number of unbranched alkanes of at least 4 members (excludes halogenated alkanes) is 2. The highest BCUT2D eigenvalue weighted by Gasteiger charge is 2.24. The number of methoxy groups -OCH3 is 1. The Morgan fingerprint density at radius 3 is 2.05 bits per heavy atom. The maximum atomic E-state index is 12.7. The molecule has 0 spiro atoms. The van der Waals surface area contributed by atoms with Crippen LogP contribution in [0.2, 0.25) is 0 Å². The molecule has 0 aliphatic carbocycles. The molecule has 10 heteroatoms. The molecular weight excluding hydrogens is 584 g/mol. The minimum absolute atomic E-state index is 0.0185. The molecule has 0 aromatic heterocycles. The Labute approximate surface area is 267 Å². The molecular formula is C34H52O9S. The number of rotatable bonds is 24. The third-order valence-electron chi connectivity index (χ3n) is 6.69. The van der Waals surface area contributed by atoms with Gasteiger partial charge in [0.1, 0.15) is 29.8 Å². The van der Waals surface area contributed by atoms with E-state index in [2.05, 4.69) is 6.92 Å². The first-order valence-electron chi connectivity index (χ1n) is 15.6. The number of esters is 3. The van der Waals surface area contributed by atoms with Crippen LogP contribution >= 0.6 is 11.8 Å². The number of hydrogen-bond donors (Lipinski definition) is 0. The van der Waals surface area contributed by atoms with Crippen molar-refractivity contribution in [1.29, 1.82) is 0 Å². The quantitative estimate of drug-likeness (QED) is 0.0507. The fraction of sp³-hybridized carbons (Fsp3) is 0.647. The van der Waals surface area contributed by atoms with Crippen molar-refractivity contribution in [3.8, 4) is 5.75 Å². The first kappa shape index (κ1) is 39.2. The highest BCUT2D eigenvalue weighted by Crippen LogP contribution is 2.20. The van der Waals surface area contributed by atoms with Crippen LogP contribution in [0.4, 0.5) is 0 Å². The second-order valence-electron chi connectivity index (χ2n) is 10.9. The minimum atomic E-state index is -0.715. The summed E-state index contributed by atoms with van der Waals surface area (Å²) in [6.45, 7) is 7.54. The summed E-state index contributed by atoms with van der Waals surface area (Å²) in [7, 11) is 1.53. The first-order valence-corrected chi connectivity index (χ1v) is 16.8. The van der Waals surface area contributed by atoms with Gasteiger partial charge in [-0.2, -0.15) is 0 Å². The van der Waals surface area contributed by atoms with Gasteiger partial charge < -0.3 is 23.7 Å². The summed E-state index contributed by atoms with van der Waals surface area (Å²) in [4.78, 5) is 50.8. The normalized spacial score (nSPS) is 14.0. The van der Waals surface area contributed by atoms with E-state index in [4.69, 9.17) is 23.7 Å². The summed E-state index contributed by atoms with van der Waals surface area (Å²) >= 11 is 1.65. The molecule has 0 aliphatic rings. The number of hydrogen-bond acceptors (Lipinski definition) is 10. The van der Waals surface area contributed by atoms with E-state index in [-0.39, 0.29) is 31.5 Å².